The number of aryl methyl sites for hydroxylation is 1. The number of nitrogens with zero attached hydrogens (tertiary/aromatic N) is 2. The third-order valence-corrected chi connectivity index (χ3v) is 7.03. The SMILES string of the molecule is Cc1cccc(C2CC(C(=O)NCCOCCOCCOCCOCCOCCN[C-]=O)CN(C(=O)/C(C#N)=C/C(C)(C)C)C2)c1.[Tb]. The van der Waals surface area contributed by atoms with Crippen molar-refractivity contribution in [3.63, 3.8) is 0 Å². The van der Waals surface area contributed by atoms with Crippen LogP contribution in [0.25, 0.3) is 0 Å². The monoisotopic (exact) mass is 802 g/mol. The third kappa shape index (κ3) is 18.9. The first-order valence-electron chi connectivity index (χ1n) is 15.9. The molecule has 0 aliphatic carbocycles. The van der Waals surface area contributed by atoms with Gasteiger partial charge in [-0.05, 0) is 24.3 Å². The summed E-state index contributed by atoms with van der Waals surface area (Å²) in [6.45, 7) is 13.6. The molecular weight excluding hydrogens is 751 g/mol. The summed E-state index contributed by atoms with van der Waals surface area (Å²) in [5.74, 6) is -0.894. The van der Waals surface area contributed by atoms with E-state index in [1.54, 1.807) is 17.4 Å². The molecule has 1 saturated heterocycles. The van der Waals surface area contributed by atoms with Gasteiger partial charge in [0.1, 0.15) is 11.6 Å². The van der Waals surface area contributed by atoms with Gasteiger partial charge in [0.2, 0.25) is 5.91 Å². The Labute approximate surface area is 310 Å². The fourth-order valence-corrected chi connectivity index (χ4v) is 4.91. The van der Waals surface area contributed by atoms with Crippen molar-refractivity contribution < 1.29 is 76.7 Å². The predicted octanol–water partition coefficient (Wildman–Crippen LogP) is 2.28. The normalized spacial score (nSPS) is 16.6. The molecule has 13 heteroatoms. The molecule has 0 bridgehead atoms. The molecule has 47 heavy (non-hydrogen) atoms. The molecule has 1 aromatic carbocycles. The maximum Gasteiger partial charge on any atom is 0.264 e. The number of benzene rings is 1. The Kier molecular flexibility index (Phi) is 22.8. The van der Waals surface area contributed by atoms with Crippen LogP contribution in [0.2, 0.25) is 0 Å². The summed E-state index contributed by atoms with van der Waals surface area (Å²) in [5.41, 5.74) is 1.97. The minimum absolute atomic E-state index is 0. The molecule has 12 nitrogen and oxygen atoms in total. The zero-order valence-electron chi connectivity index (χ0n) is 28.1. The first-order chi connectivity index (χ1) is 22.1. The van der Waals surface area contributed by atoms with Crippen molar-refractivity contribution in [3.8, 4) is 6.07 Å². The van der Waals surface area contributed by atoms with E-state index in [0.29, 0.717) is 92.1 Å². The smallest absolute Gasteiger partial charge is 0.264 e. The maximum absolute atomic E-state index is 13.4. The molecule has 2 N–H and O–H groups in total. The molecule has 1 aromatic rings. The Morgan fingerprint density at radius 2 is 1.49 bits per heavy atom. The van der Waals surface area contributed by atoms with Gasteiger partial charge in [-0.1, -0.05) is 56.7 Å². The summed E-state index contributed by atoms with van der Waals surface area (Å²) < 4.78 is 27.2. The van der Waals surface area contributed by atoms with E-state index in [0.717, 1.165) is 11.1 Å². The second kappa shape index (κ2) is 25.0. The van der Waals surface area contributed by atoms with Gasteiger partial charge >= 0.3 is 0 Å². The van der Waals surface area contributed by atoms with Crippen LogP contribution in [-0.4, -0.2) is 115 Å². The standard InChI is InChI=1S/C34H51N4O8.Tb/c1-27-6-5-7-28(20-27)29-21-30(25-38(24-29)33(41)31(23-35)22-34(2,3)4)32(40)37-9-11-43-13-15-45-17-19-46-18-16-44-14-12-42-10-8-36-26-39;/h5-7,20,22,29-30H,8-19,21,24-25H2,1-4H3,(H,36,39)(H,37,40);/q-1;/b31-22+;. The van der Waals surface area contributed by atoms with Gasteiger partial charge in [0.15, 0.2) is 0 Å². The number of piperidine rings is 1. The third-order valence-electron chi connectivity index (χ3n) is 7.03. The van der Waals surface area contributed by atoms with E-state index in [1.165, 1.54) is 0 Å². The van der Waals surface area contributed by atoms with Crippen LogP contribution in [-0.2, 0) is 38.1 Å². The molecule has 1 radical (unpaired) electrons. The number of amides is 3. The molecule has 1 aliphatic heterocycles. The number of likely N-dealkylation sites (tertiary alicyclic amines) is 1. The predicted molar refractivity (Wildman–Crippen MR) is 173 cm³/mol. The summed E-state index contributed by atoms with van der Waals surface area (Å²) in [5, 5.41) is 15.1. The second-order valence-electron chi connectivity index (χ2n) is 12.2. The van der Waals surface area contributed by atoms with Crippen molar-refractivity contribution in [3.05, 3.63) is 47.0 Å². The van der Waals surface area contributed by atoms with Crippen LogP contribution in [0.5, 0.6) is 0 Å². The largest absolute Gasteiger partial charge is 0.528 e. The fourth-order valence-electron chi connectivity index (χ4n) is 4.91. The van der Waals surface area contributed by atoms with Crippen molar-refractivity contribution in [2.24, 2.45) is 11.3 Å². The maximum atomic E-state index is 13.4. The van der Waals surface area contributed by atoms with Crippen molar-refractivity contribution in [2.45, 2.75) is 40.0 Å². The summed E-state index contributed by atoms with van der Waals surface area (Å²) in [7, 11) is 0. The first-order valence-corrected chi connectivity index (χ1v) is 15.9. The number of hydrogen-bond acceptors (Lipinski definition) is 9. The van der Waals surface area contributed by atoms with E-state index in [-0.39, 0.29) is 73.9 Å². The van der Waals surface area contributed by atoms with Gasteiger partial charge in [-0.3, -0.25) is 9.59 Å². The molecule has 1 fully saturated rings. The molecule has 0 aromatic heterocycles. The Morgan fingerprint density at radius 1 is 0.936 bits per heavy atom. The van der Waals surface area contributed by atoms with Crippen LogP contribution in [0.15, 0.2) is 35.9 Å². The topological polar surface area (TPSA) is 148 Å². The number of rotatable bonds is 22. The van der Waals surface area contributed by atoms with E-state index in [4.69, 9.17) is 23.7 Å². The van der Waals surface area contributed by atoms with Crippen LogP contribution in [0.1, 0.15) is 44.2 Å². The number of nitrogens with one attached hydrogen (secondary N) is 2. The van der Waals surface area contributed by atoms with Crippen LogP contribution in [0.3, 0.4) is 0 Å². The molecule has 2 rings (SSSR count). The van der Waals surface area contributed by atoms with E-state index in [2.05, 4.69) is 22.8 Å². The van der Waals surface area contributed by atoms with Gasteiger partial charge in [0.05, 0.1) is 72.0 Å². The molecule has 3 amide bonds. The molecule has 2 unspecified atom stereocenters. The molecular formula is C34H51N4O8Tb-. The number of hydrogen-bond donors (Lipinski definition) is 2. The average Bonchev–Trinajstić information content (AvgIpc) is 3.03. The fraction of sp³-hybridized carbons (Fsp3) is 0.647. The summed E-state index contributed by atoms with van der Waals surface area (Å²) in [6.07, 6.45) is 3.89. The van der Waals surface area contributed by atoms with Gasteiger partial charge in [-0.15, -0.1) is 0 Å². The number of nitriles is 1. The minimum Gasteiger partial charge on any atom is -0.528 e. The van der Waals surface area contributed by atoms with Gasteiger partial charge in [-0.25, -0.2) is 0 Å². The van der Waals surface area contributed by atoms with E-state index in [1.807, 2.05) is 45.9 Å². The Hall–Kier alpha value is -2.05. The summed E-state index contributed by atoms with van der Waals surface area (Å²) in [6, 6.07) is 10.2. The van der Waals surface area contributed by atoms with Crippen molar-refractivity contribution in [1.29, 1.82) is 5.26 Å². The van der Waals surface area contributed by atoms with Crippen LogP contribution in [0, 0.1) is 68.2 Å². The van der Waals surface area contributed by atoms with Gasteiger partial charge in [0, 0.05) is 70.7 Å². The first kappa shape index (κ1) is 43.0. The van der Waals surface area contributed by atoms with Crippen LogP contribution in [0.4, 0.5) is 0 Å². The van der Waals surface area contributed by atoms with Gasteiger partial charge < -0.3 is 44.0 Å². The van der Waals surface area contributed by atoms with E-state index in [9.17, 15) is 19.6 Å². The number of carbonyl (C=O) groups excluding carboxylic acids is 3. The quantitative estimate of drug-likeness (QED) is 0.0593. The Balaban J connectivity index is 0.0000110. The van der Waals surface area contributed by atoms with Crippen molar-refractivity contribution >= 4 is 18.2 Å². The molecule has 1 heterocycles. The second-order valence-corrected chi connectivity index (χ2v) is 12.2. The zero-order chi connectivity index (χ0) is 33.6. The van der Waals surface area contributed by atoms with E-state index < -0.39 is 5.92 Å². The average molecular weight is 803 g/mol. The molecule has 265 valence electrons. The van der Waals surface area contributed by atoms with Gasteiger partial charge in [-0.2, -0.15) is 11.7 Å². The summed E-state index contributed by atoms with van der Waals surface area (Å²) in [4.78, 5) is 38.3. The molecule has 1 aliphatic rings. The number of ether oxygens (including phenoxy) is 5. The molecule has 0 saturated carbocycles. The van der Waals surface area contributed by atoms with Gasteiger partial charge in [0.25, 0.3) is 5.91 Å². The zero-order valence-corrected chi connectivity index (χ0v) is 30.3. The summed E-state index contributed by atoms with van der Waals surface area (Å²) >= 11 is 0. The van der Waals surface area contributed by atoms with Crippen LogP contribution < -0.4 is 10.6 Å². The number of allylic oxidation sites excluding steroid dienone is 1. The Morgan fingerprint density at radius 3 is 2.00 bits per heavy atom. The molecule has 2 atom stereocenters. The Bertz CT molecular complexity index is 1140. The minimum atomic E-state index is -0.407. The molecule has 0 spiro atoms. The van der Waals surface area contributed by atoms with E-state index >= 15 is 0 Å². The number of carbonyl (C=O) groups is 2. The van der Waals surface area contributed by atoms with Crippen LogP contribution >= 0.6 is 0 Å². The van der Waals surface area contributed by atoms with Crippen molar-refractivity contribution in [2.75, 3.05) is 92.2 Å². The van der Waals surface area contributed by atoms with Crippen molar-refractivity contribution in [1.82, 2.24) is 15.5 Å².